The monoisotopic (exact) mass is 185 g/mol. The van der Waals surface area contributed by atoms with Crippen LogP contribution in [0.3, 0.4) is 0 Å². The summed E-state index contributed by atoms with van der Waals surface area (Å²) in [5, 5.41) is 0. The van der Waals surface area contributed by atoms with Gasteiger partial charge in [-0.05, 0) is 31.7 Å². The zero-order chi connectivity index (χ0) is 9.68. The SMILES string of the molecule is CO[C@@H]1CCCCN(CC(C)C)C1. The van der Waals surface area contributed by atoms with Crippen LogP contribution in [0.1, 0.15) is 33.1 Å². The molecule has 1 heterocycles. The van der Waals surface area contributed by atoms with E-state index in [1.54, 1.807) is 0 Å². The number of hydrogen-bond donors (Lipinski definition) is 0. The van der Waals surface area contributed by atoms with E-state index >= 15 is 0 Å². The van der Waals surface area contributed by atoms with Gasteiger partial charge in [-0.3, -0.25) is 0 Å². The third kappa shape index (κ3) is 4.10. The molecule has 0 unspecified atom stereocenters. The number of nitrogens with zero attached hydrogens (tertiary/aromatic N) is 1. The maximum absolute atomic E-state index is 5.44. The lowest BCUT2D eigenvalue weighted by molar-refractivity contribution is 0.0658. The molecule has 0 amide bonds. The summed E-state index contributed by atoms with van der Waals surface area (Å²) in [6.07, 6.45) is 4.38. The Morgan fingerprint density at radius 2 is 2.15 bits per heavy atom. The van der Waals surface area contributed by atoms with Gasteiger partial charge in [0.05, 0.1) is 6.10 Å². The molecule has 1 aliphatic rings. The predicted octanol–water partition coefficient (Wildman–Crippen LogP) is 2.14. The molecule has 2 nitrogen and oxygen atoms in total. The largest absolute Gasteiger partial charge is 0.380 e. The van der Waals surface area contributed by atoms with Crippen LogP contribution in [0.4, 0.5) is 0 Å². The van der Waals surface area contributed by atoms with Gasteiger partial charge in [-0.1, -0.05) is 13.8 Å². The van der Waals surface area contributed by atoms with Crippen molar-refractivity contribution in [3.8, 4) is 0 Å². The third-order valence-electron chi connectivity index (χ3n) is 2.67. The second kappa shape index (κ2) is 5.61. The van der Waals surface area contributed by atoms with Gasteiger partial charge in [-0.15, -0.1) is 0 Å². The molecular formula is C11H23NO. The molecule has 0 aromatic heterocycles. The highest BCUT2D eigenvalue weighted by Gasteiger charge is 2.17. The van der Waals surface area contributed by atoms with Gasteiger partial charge in [0.15, 0.2) is 0 Å². The molecule has 0 aliphatic carbocycles. The van der Waals surface area contributed by atoms with Gasteiger partial charge in [0.1, 0.15) is 0 Å². The minimum Gasteiger partial charge on any atom is -0.380 e. The van der Waals surface area contributed by atoms with Crippen molar-refractivity contribution in [2.45, 2.75) is 39.2 Å². The zero-order valence-corrected chi connectivity index (χ0v) is 9.25. The van der Waals surface area contributed by atoms with Crippen molar-refractivity contribution in [1.82, 2.24) is 4.90 Å². The van der Waals surface area contributed by atoms with E-state index < -0.39 is 0 Å². The Balaban J connectivity index is 2.35. The highest BCUT2D eigenvalue weighted by molar-refractivity contribution is 4.71. The van der Waals surface area contributed by atoms with Gasteiger partial charge in [0.25, 0.3) is 0 Å². The lowest BCUT2D eigenvalue weighted by Crippen LogP contribution is -2.34. The first-order valence-electron chi connectivity index (χ1n) is 5.47. The molecule has 1 saturated heterocycles. The van der Waals surface area contributed by atoms with Crippen LogP contribution >= 0.6 is 0 Å². The first kappa shape index (κ1) is 11.0. The van der Waals surface area contributed by atoms with Gasteiger partial charge < -0.3 is 9.64 Å². The molecule has 2 heteroatoms. The second-order valence-corrected chi connectivity index (χ2v) is 4.51. The van der Waals surface area contributed by atoms with Crippen molar-refractivity contribution in [1.29, 1.82) is 0 Å². The fraction of sp³-hybridized carbons (Fsp3) is 1.00. The van der Waals surface area contributed by atoms with Gasteiger partial charge in [-0.2, -0.15) is 0 Å². The topological polar surface area (TPSA) is 12.5 Å². The maximum atomic E-state index is 5.44. The van der Waals surface area contributed by atoms with Crippen molar-refractivity contribution in [3.05, 3.63) is 0 Å². The summed E-state index contributed by atoms with van der Waals surface area (Å²) in [7, 11) is 1.84. The number of likely N-dealkylation sites (tertiary alicyclic amines) is 1. The van der Waals surface area contributed by atoms with Crippen LogP contribution in [0.15, 0.2) is 0 Å². The molecule has 78 valence electrons. The number of methoxy groups -OCH3 is 1. The van der Waals surface area contributed by atoms with E-state index in [0.717, 1.165) is 12.5 Å². The number of hydrogen-bond acceptors (Lipinski definition) is 2. The molecule has 0 saturated carbocycles. The fourth-order valence-electron chi connectivity index (χ4n) is 2.05. The standard InChI is InChI=1S/C11H23NO/c1-10(2)8-12-7-5-4-6-11(9-12)13-3/h10-11H,4-9H2,1-3H3/t11-/m1/s1. The van der Waals surface area contributed by atoms with Crippen molar-refractivity contribution in [3.63, 3.8) is 0 Å². The van der Waals surface area contributed by atoms with Crippen LogP contribution in [0.25, 0.3) is 0 Å². The Morgan fingerprint density at radius 1 is 1.38 bits per heavy atom. The molecule has 0 radical (unpaired) electrons. The Hall–Kier alpha value is -0.0800. The zero-order valence-electron chi connectivity index (χ0n) is 9.25. The molecule has 1 aliphatic heterocycles. The van der Waals surface area contributed by atoms with Crippen LogP contribution < -0.4 is 0 Å². The summed E-state index contributed by atoms with van der Waals surface area (Å²) in [6.45, 7) is 8.19. The van der Waals surface area contributed by atoms with Gasteiger partial charge in [-0.25, -0.2) is 0 Å². The Kier molecular flexibility index (Phi) is 4.74. The molecule has 0 bridgehead atoms. The van der Waals surface area contributed by atoms with Crippen LogP contribution in [0.2, 0.25) is 0 Å². The summed E-state index contributed by atoms with van der Waals surface area (Å²) < 4.78 is 5.44. The molecule has 0 spiro atoms. The van der Waals surface area contributed by atoms with Crippen LogP contribution in [-0.4, -0.2) is 37.7 Å². The molecular weight excluding hydrogens is 162 g/mol. The molecule has 1 fully saturated rings. The summed E-state index contributed by atoms with van der Waals surface area (Å²) in [4.78, 5) is 2.55. The van der Waals surface area contributed by atoms with E-state index in [1.807, 2.05) is 7.11 Å². The average Bonchev–Trinajstić information content (AvgIpc) is 2.28. The summed E-state index contributed by atoms with van der Waals surface area (Å²) in [5.74, 6) is 0.774. The number of rotatable bonds is 3. The Bertz CT molecular complexity index is 136. The van der Waals surface area contributed by atoms with Gasteiger partial charge in [0, 0.05) is 20.2 Å². The summed E-state index contributed by atoms with van der Waals surface area (Å²) in [6, 6.07) is 0. The quantitative estimate of drug-likeness (QED) is 0.668. The first-order chi connectivity index (χ1) is 6.22. The highest BCUT2D eigenvalue weighted by atomic mass is 16.5. The van der Waals surface area contributed by atoms with Crippen LogP contribution in [0, 0.1) is 5.92 Å². The maximum Gasteiger partial charge on any atom is 0.0698 e. The summed E-state index contributed by atoms with van der Waals surface area (Å²) >= 11 is 0. The van der Waals surface area contributed by atoms with E-state index in [0.29, 0.717) is 6.10 Å². The number of ether oxygens (including phenoxy) is 1. The molecule has 1 rings (SSSR count). The van der Waals surface area contributed by atoms with Crippen molar-refractivity contribution < 1.29 is 4.74 Å². The lowest BCUT2D eigenvalue weighted by atomic mass is 10.2. The highest BCUT2D eigenvalue weighted by Crippen LogP contribution is 2.13. The third-order valence-corrected chi connectivity index (χ3v) is 2.67. The molecule has 13 heavy (non-hydrogen) atoms. The van der Waals surface area contributed by atoms with Crippen molar-refractivity contribution in [2.75, 3.05) is 26.7 Å². The fourth-order valence-corrected chi connectivity index (χ4v) is 2.05. The van der Waals surface area contributed by atoms with Crippen molar-refractivity contribution >= 4 is 0 Å². The Morgan fingerprint density at radius 3 is 2.77 bits per heavy atom. The van der Waals surface area contributed by atoms with E-state index in [9.17, 15) is 0 Å². The second-order valence-electron chi connectivity index (χ2n) is 4.51. The van der Waals surface area contributed by atoms with Crippen molar-refractivity contribution in [2.24, 2.45) is 5.92 Å². The lowest BCUT2D eigenvalue weighted by Gasteiger charge is -2.24. The van der Waals surface area contributed by atoms with E-state index in [-0.39, 0.29) is 0 Å². The Labute approximate surface area is 82.3 Å². The van der Waals surface area contributed by atoms with Gasteiger partial charge >= 0.3 is 0 Å². The molecule has 0 aromatic carbocycles. The van der Waals surface area contributed by atoms with E-state index in [1.165, 1.54) is 32.4 Å². The molecule has 0 N–H and O–H groups in total. The molecule has 0 aromatic rings. The van der Waals surface area contributed by atoms with E-state index in [2.05, 4.69) is 18.7 Å². The average molecular weight is 185 g/mol. The minimum atomic E-state index is 0.473. The smallest absolute Gasteiger partial charge is 0.0698 e. The molecule has 1 atom stereocenters. The van der Waals surface area contributed by atoms with Gasteiger partial charge in [0.2, 0.25) is 0 Å². The van der Waals surface area contributed by atoms with E-state index in [4.69, 9.17) is 4.74 Å². The van der Waals surface area contributed by atoms with Crippen LogP contribution in [-0.2, 0) is 4.74 Å². The summed E-state index contributed by atoms with van der Waals surface area (Å²) in [5.41, 5.74) is 0. The van der Waals surface area contributed by atoms with Crippen LogP contribution in [0.5, 0.6) is 0 Å². The minimum absolute atomic E-state index is 0.473. The first-order valence-corrected chi connectivity index (χ1v) is 5.47. The normalized spacial score (nSPS) is 26.3. The predicted molar refractivity (Wildman–Crippen MR) is 55.9 cm³/mol.